The van der Waals surface area contributed by atoms with Gasteiger partial charge in [0.25, 0.3) is 0 Å². The van der Waals surface area contributed by atoms with Crippen LogP contribution in [0.2, 0.25) is 0 Å². The summed E-state index contributed by atoms with van der Waals surface area (Å²) in [6.45, 7) is 7.70. The topological polar surface area (TPSA) is 134 Å². The van der Waals surface area contributed by atoms with Crippen LogP contribution < -0.4 is 10.6 Å². The lowest BCUT2D eigenvalue weighted by molar-refractivity contribution is -0.145. The predicted molar refractivity (Wildman–Crippen MR) is 124 cm³/mol. The lowest BCUT2D eigenvalue weighted by Gasteiger charge is -2.34. The molecular formula is C24H33N3O7. The van der Waals surface area contributed by atoms with Crippen LogP contribution in [0, 0.1) is 0 Å². The van der Waals surface area contributed by atoms with Crippen LogP contribution in [0.1, 0.15) is 50.8 Å². The Morgan fingerprint density at radius 1 is 1.26 bits per heavy atom. The monoisotopic (exact) mass is 475 g/mol. The van der Waals surface area contributed by atoms with E-state index in [4.69, 9.17) is 4.74 Å². The lowest BCUT2D eigenvalue weighted by atomic mass is 10.00. The Balaban J connectivity index is 2.39. The molecule has 1 aromatic rings. The maximum Gasteiger partial charge on any atom is 0.408 e. The van der Waals surface area contributed by atoms with Gasteiger partial charge in [-0.2, -0.15) is 0 Å². The van der Waals surface area contributed by atoms with Crippen molar-refractivity contribution in [3.63, 3.8) is 0 Å². The van der Waals surface area contributed by atoms with Gasteiger partial charge in [0, 0.05) is 6.04 Å². The number of hydrogen-bond acceptors (Lipinski definition) is 7. The minimum absolute atomic E-state index is 0.275. The summed E-state index contributed by atoms with van der Waals surface area (Å²) in [4.78, 5) is 52.0. The zero-order valence-corrected chi connectivity index (χ0v) is 20.0. The normalized spacial score (nSPS) is 14.9. The molecule has 34 heavy (non-hydrogen) atoms. The van der Waals surface area contributed by atoms with Gasteiger partial charge in [-0.15, -0.1) is 0 Å². The number of carbonyl (C=O) groups excluding carboxylic acids is 4. The number of hydrogen-bond donors (Lipinski definition) is 3. The van der Waals surface area contributed by atoms with Gasteiger partial charge in [0.05, 0.1) is 13.7 Å². The van der Waals surface area contributed by atoms with E-state index >= 15 is 0 Å². The second-order valence-corrected chi connectivity index (χ2v) is 8.93. The SMILES string of the molecule is C=Cc1cccc(C(C(=O)NCC(=O)OC)N(C(=O)C(CO)NC(=O)OC(C)(C)C)C2CC2)c1. The summed E-state index contributed by atoms with van der Waals surface area (Å²) < 4.78 is 9.79. The largest absolute Gasteiger partial charge is 0.468 e. The standard InChI is InChI=1S/C24H33N3O7/c1-6-15-8-7-9-16(12-15)20(21(30)25-13-19(29)33-5)27(17-10-11-17)22(31)18(14-28)26-23(32)34-24(2,3)4/h6-9,12,17-18,20,28H,1,10-11,13-14H2,2-5H3,(H,25,30)(H,26,32). The number of ether oxygens (including phenoxy) is 2. The van der Waals surface area contributed by atoms with Gasteiger partial charge in [0.2, 0.25) is 11.8 Å². The van der Waals surface area contributed by atoms with Gasteiger partial charge < -0.3 is 30.1 Å². The van der Waals surface area contributed by atoms with Gasteiger partial charge in [-0.05, 0) is 50.8 Å². The average Bonchev–Trinajstić information content (AvgIpc) is 3.62. The van der Waals surface area contributed by atoms with Crippen LogP contribution in [-0.2, 0) is 23.9 Å². The van der Waals surface area contributed by atoms with E-state index in [1.54, 1.807) is 51.1 Å². The van der Waals surface area contributed by atoms with Crippen molar-refractivity contribution in [1.29, 1.82) is 0 Å². The maximum atomic E-state index is 13.5. The third-order valence-corrected chi connectivity index (χ3v) is 4.99. The van der Waals surface area contributed by atoms with E-state index in [-0.39, 0.29) is 12.6 Å². The summed E-state index contributed by atoms with van der Waals surface area (Å²) in [5, 5.41) is 14.8. The summed E-state index contributed by atoms with van der Waals surface area (Å²) in [5.74, 6) is -1.88. The predicted octanol–water partition coefficient (Wildman–Crippen LogP) is 1.54. The number of aliphatic hydroxyl groups excluding tert-OH is 1. The minimum atomic E-state index is -1.33. The molecule has 186 valence electrons. The Bertz CT molecular complexity index is 921. The van der Waals surface area contributed by atoms with Gasteiger partial charge in [0.15, 0.2) is 0 Å². The first kappa shape index (κ1) is 26.8. The molecular weight excluding hydrogens is 442 g/mol. The fraction of sp³-hybridized carbons (Fsp3) is 0.500. The molecule has 10 nitrogen and oxygen atoms in total. The highest BCUT2D eigenvalue weighted by atomic mass is 16.6. The number of benzene rings is 1. The summed E-state index contributed by atoms with van der Waals surface area (Å²) >= 11 is 0. The van der Waals surface area contributed by atoms with Crippen molar-refractivity contribution in [2.75, 3.05) is 20.3 Å². The molecule has 3 N–H and O–H groups in total. The number of methoxy groups -OCH3 is 1. The molecule has 2 atom stereocenters. The smallest absolute Gasteiger partial charge is 0.408 e. The van der Waals surface area contributed by atoms with Gasteiger partial charge in [0.1, 0.15) is 24.2 Å². The summed E-state index contributed by atoms with van der Waals surface area (Å²) in [5.41, 5.74) is 0.427. The average molecular weight is 476 g/mol. The van der Waals surface area contributed by atoms with Crippen molar-refractivity contribution >= 4 is 30.0 Å². The van der Waals surface area contributed by atoms with Crippen molar-refractivity contribution in [2.24, 2.45) is 0 Å². The number of amides is 3. The number of rotatable bonds is 10. The van der Waals surface area contributed by atoms with Crippen LogP contribution in [-0.4, -0.2) is 71.8 Å². The van der Waals surface area contributed by atoms with Gasteiger partial charge in [-0.1, -0.05) is 30.9 Å². The van der Waals surface area contributed by atoms with E-state index in [0.29, 0.717) is 18.4 Å². The number of aliphatic hydroxyl groups is 1. The number of carbonyl (C=O) groups is 4. The molecule has 1 saturated carbocycles. The number of nitrogens with one attached hydrogen (secondary N) is 2. The van der Waals surface area contributed by atoms with E-state index in [1.807, 2.05) is 0 Å². The van der Waals surface area contributed by atoms with Crippen LogP contribution in [0.5, 0.6) is 0 Å². The third-order valence-electron chi connectivity index (χ3n) is 4.99. The molecule has 1 aliphatic carbocycles. The van der Waals surface area contributed by atoms with Crippen molar-refractivity contribution < 1.29 is 33.8 Å². The van der Waals surface area contributed by atoms with Crippen LogP contribution in [0.4, 0.5) is 4.79 Å². The first-order valence-electron chi connectivity index (χ1n) is 11.0. The van der Waals surface area contributed by atoms with Crippen molar-refractivity contribution in [2.45, 2.75) is 57.3 Å². The minimum Gasteiger partial charge on any atom is -0.468 e. The molecule has 10 heteroatoms. The van der Waals surface area contributed by atoms with Crippen molar-refractivity contribution in [1.82, 2.24) is 15.5 Å². The highest BCUT2D eigenvalue weighted by molar-refractivity contribution is 5.93. The Morgan fingerprint density at radius 2 is 1.94 bits per heavy atom. The van der Waals surface area contributed by atoms with E-state index < -0.39 is 48.2 Å². The molecule has 0 heterocycles. The quantitative estimate of drug-likeness (QED) is 0.437. The zero-order valence-electron chi connectivity index (χ0n) is 20.0. The number of esters is 1. The van der Waals surface area contributed by atoms with E-state index in [1.165, 1.54) is 12.0 Å². The number of nitrogens with zero attached hydrogens (tertiary/aromatic N) is 1. The molecule has 1 fully saturated rings. The molecule has 0 saturated heterocycles. The third kappa shape index (κ3) is 7.58. The second-order valence-electron chi connectivity index (χ2n) is 8.93. The molecule has 0 bridgehead atoms. The lowest BCUT2D eigenvalue weighted by Crippen LogP contribution is -2.55. The highest BCUT2D eigenvalue weighted by Gasteiger charge is 2.44. The molecule has 0 radical (unpaired) electrons. The van der Waals surface area contributed by atoms with E-state index in [0.717, 1.165) is 5.56 Å². The first-order valence-corrected chi connectivity index (χ1v) is 11.0. The summed E-state index contributed by atoms with van der Waals surface area (Å²) in [6.07, 6.45) is 2.05. The van der Waals surface area contributed by atoms with Crippen molar-refractivity contribution in [3.8, 4) is 0 Å². The van der Waals surface area contributed by atoms with Gasteiger partial charge >= 0.3 is 12.1 Å². The molecule has 0 aromatic heterocycles. The van der Waals surface area contributed by atoms with E-state index in [9.17, 15) is 24.3 Å². The zero-order chi connectivity index (χ0) is 25.5. The fourth-order valence-corrected chi connectivity index (χ4v) is 3.31. The molecule has 1 aromatic carbocycles. The molecule has 2 rings (SSSR count). The van der Waals surface area contributed by atoms with E-state index in [2.05, 4.69) is 21.9 Å². The fourth-order valence-electron chi connectivity index (χ4n) is 3.31. The molecule has 0 spiro atoms. The van der Waals surface area contributed by atoms with Gasteiger partial charge in [-0.25, -0.2) is 4.79 Å². The Hall–Kier alpha value is -3.40. The molecule has 1 aliphatic rings. The maximum absolute atomic E-state index is 13.5. The Kier molecular flexibility index (Phi) is 9.19. The number of alkyl carbamates (subject to hydrolysis) is 1. The van der Waals surface area contributed by atoms with Gasteiger partial charge in [-0.3, -0.25) is 14.4 Å². The summed E-state index contributed by atoms with van der Waals surface area (Å²) in [6, 6.07) is 4.21. The van der Waals surface area contributed by atoms with Crippen LogP contribution in [0.3, 0.4) is 0 Å². The first-order chi connectivity index (χ1) is 16.0. The summed E-state index contributed by atoms with van der Waals surface area (Å²) in [7, 11) is 1.20. The molecule has 3 amide bonds. The Labute approximate surface area is 199 Å². The highest BCUT2D eigenvalue weighted by Crippen LogP contribution is 2.36. The second kappa shape index (κ2) is 11.6. The van der Waals surface area contributed by atoms with Crippen LogP contribution >= 0.6 is 0 Å². The molecule has 0 aliphatic heterocycles. The Morgan fingerprint density at radius 3 is 2.47 bits per heavy atom. The molecule has 2 unspecified atom stereocenters. The van der Waals surface area contributed by atoms with Crippen LogP contribution in [0.15, 0.2) is 30.8 Å². The van der Waals surface area contributed by atoms with Crippen LogP contribution in [0.25, 0.3) is 6.08 Å². The van der Waals surface area contributed by atoms with Crippen molar-refractivity contribution in [3.05, 3.63) is 42.0 Å².